The molecule has 0 unspecified atom stereocenters. The molecule has 0 spiro atoms. The molecule has 0 saturated carbocycles. The standard InChI is InChI=1S/C8H17O.Re.Y/c1-7(2,3)8(4,5)6-9;;/h6,9H,1-5H3;;/q-1;;. The van der Waals surface area contributed by atoms with Crippen LogP contribution in [0, 0.1) is 17.4 Å². The second-order valence-corrected chi connectivity index (χ2v) is 4.10. The van der Waals surface area contributed by atoms with Gasteiger partial charge in [-0.15, -0.1) is 5.41 Å². The molecule has 0 aromatic rings. The van der Waals surface area contributed by atoms with E-state index in [4.69, 9.17) is 5.11 Å². The molecule has 0 aliphatic carbocycles. The van der Waals surface area contributed by atoms with Gasteiger partial charge in [0, 0.05) is 53.1 Å². The molecule has 0 aromatic heterocycles. The van der Waals surface area contributed by atoms with Crippen LogP contribution in [0.4, 0.5) is 0 Å². The zero-order valence-corrected chi connectivity index (χ0v) is 13.5. The Kier molecular flexibility index (Phi) is 10.5. The number of hydrogen-bond acceptors (Lipinski definition) is 1. The average molecular weight is 404 g/mol. The molecular formula is C8H17OReY-. The van der Waals surface area contributed by atoms with Crippen molar-refractivity contribution in [2.45, 2.75) is 34.6 Å². The van der Waals surface area contributed by atoms with Crippen LogP contribution in [0.1, 0.15) is 34.6 Å². The first-order valence-corrected chi connectivity index (χ1v) is 3.30. The molecule has 0 fully saturated rings. The van der Waals surface area contributed by atoms with E-state index < -0.39 is 0 Å². The molecule has 0 aromatic carbocycles. The predicted molar refractivity (Wildman–Crippen MR) is 39.5 cm³/mol. The summed E-state index contributed by atoms with van der Waals surface area (Å²) in [6.45, 7) is 11.6. The number of aliphatic hydroxyl groups excluding tert-OH is 1. The molecule has 2 radical (unpaired) electrons. The van der Waals surface area contributed by atoms with Crippen LogP contribution in [0.25, 0.3) is 0 Å². The summed E-state index contributed by atoms with van der Waals surface area (Å²) in [5.74, 6) is 0. The minimum Gasteiger partial charge on any atom is -0.565 e. The van der Waals surface area contributed by atoms with Crippen molar-refractivity contribution in [1.82, 2.24) is 0 Å². The molecule has 0 saturated heterocycles. The number of hydrogen-bond donors (Lipinski definition) is 1. The van der Waals surface area contributed by atoms with Crippen LogP contribution in [-0.4, -0.2) is 5.11 Å². The van der Waals surface area contributed by atoms with Gasteiger partial charge in [-0.05, 0) is 0 Å². The molecule has 0 aliphatic rings. The van der Waals surface area contributed by atoms with Gasteiger partial charge in [0.1, 0.15) is 0 Å². The third-order valence-corrected chi connectivity index (χ3v) is 2.26. The van der Waals surface area contributed by atoms with E-state index in [0.29, 0.717) is 0 Å². The van der Waals surface area contributed by atoms with Crippen molar-refractivity contribution in [2.75, 3.05) is 0 Å². The summed E-state index contributed by atoms with van der Waals surface area (Å²) >= 11 is 0. The fraction of sp³-hybridized carbons (Fsp3) is 0.875. The Bertz CT molecular complexity index is 96.8. The zero-order chi connectivity index (χ0) is 7.71. The van der Waals surface area contributed by atoms with Gasteiger partial charge < -0.3 is 5.11 Å². The predicted octanol–water partition coefficient (Wildman–Crippen LogP) is 2.59. The van der Waals surface area contributed by atoms with E-state index in [1.807, 2.05) is 13.8 Å². The molecule has 0 atom stereocenters. The average Bonchev–Trinajstić information content (AvgIpc) is 1.64. The Morgan fingerprint density at radius 3 is 1.27 bits per heavy atom. The first-order valence-electron chi connectivity index (χ1n) is 3.30. The van der Waals surface area contributed by atoms with E-state index in [9.17, 15) is 0 Å². The van der Waals surface area contributed by atoms with Gasteiger partial charge in [0.25, 0.3) is 0 Å². The normalized spacial score (nSPS) is 11.5. The smallest absolute Gasteiger partial charge is 0 e. The molecule has 1 nitrogen and oxygen atoms in total. The van der Waals surface area contributed by atoms with Crippen molar-refractivity contribution in [3.8, 4) is 0 Å². The molecule has 0 aliphatic heterocycles. The van der Waals surface area contributed by atoms with E-state index in [1.165, 1.54) is 6.61 Å². The van der Waals surface area contributed by atoms with Gasteiger partial charge in [0.15, 0.2) is 0 Å². The van der Waals surface area contributed by atoms with Crippen molar-refractivity contribution in [2.24, 2.45) is 10.8 Å². The molecule has 0 bridgehead atoms. The van der Waals surface area contributed by atoms with Crippen molar-refractivity contribution in [1.29, 1.82) is 0 Å². The minimum absolute atomic E-state index is 0. The van der Waals surface area contributed by atoms with Crippen LogP contribution in [0.15, 0.2) is 0 Å². The summed E-state index contributed by atoms with van der Waals surface area (Å²) in [5, 5.41) is 8.80. The summed E-state index contributed by atoms with van der Waals surface area (Å²) in [7, 11) is 0. The SMILES string of the molecule is CC(C)(C)C(C)(C)[CH-]O.[Re].[Y]. The summed E-state index contributed by atoms with van der Waals surface area (Å²) in [6.07, 6.45) is 0. The van der Waals surface area contributed by atoms with Crippen LogP contribution in [0.3, 0.4) is 0 Å². The molecular weight excluding hydrogens is 387 g/mol. The Balaban J connectivity index is -0.000000320. The van der Waals surface area contributed by atoms with Crippen molar-refractivity contribution >= 4 is 0 Å². The minimum atomic E-state index is -0.0903. The first kappa shape index (κ1) is 18.5. The summed E-state index contributed by atoms with van der Waals surface area (Å²) in [6, 6.07) is 0. The quantitative estimate of drug-likeness (QED) is 0.667. The van der Waals surface area contributed by atoms with Gasteiger partial charge in [-0.1, -0.05) is 40.0 Å². The van der Waals surface area contributed by atoms with Gasteiger partial charge >= 0.3 is 0 Å². The summed E-state index contributed by atoms with van der Waals surface area (Å²) in [5.41, 5.74) is 0.0503. The second kappa shape index (κ2) is 6.22. The van der Waals surface area contributed by atoms with Gasteiger partial charge in [-0.3, -0.25) is 0 Å². The fourth-order valence-electron chi connectivity index (χ4n) is 0.194. The Labute approximate surface area is 109 Å². The Hall–Kier alpha value is 1.73. The maximum absolute atomic E-state index is 8.80. The fourth-order valence-corrected chi connectivity index (χ4v) is 0.194. The van der Waals surface area contributed by atoms with Gasteiger partial charge in [0.05, 0.1) is 0 Å². The van der Waals surface area contributed by atoms with Crippen molar-refractivity contribution < 1.29 is 58.2 Å². The summed E-state index contributed by atoms with van der Waals surface area (Å²) in [4.78, 5) is 0. The first-order chi connectivity index (χ1) is 3.81. The van der Waals surface area contributed by atoms with Crippen LogP contribution in [0.2, 0.25) is 0 Å². The van der Waals surface area contributed by atoms with Crippen molar-refractivity contribution in [3.63, 3.8) is 0 Å². The topological polar surface area (TPSA) is 20.2 Å². The van der Waals surface area contributed by atoms with Gasteiger partial charge in [0.2, 0.25) is 0 Å². The Morgan fingerprint density at radius 2 is 1.27 bits per heavy atom. The third kappa shape index (κ3) is 5.89. The molecule has 0 rings (SSSR count). The largest absolute Gasteiger partial charge is 0.565 e. The molecule has 0 heterocycles. The third-order valence-electron chi connectivity index (χ3n) is 2.26. The van der Waals surface area contributed by atoms with Crippen LogP contribution < -0.4 is 0 Å². The van der Waals surface area contributed by atoms with Crippen LogP contribution >= 0.6 is 0 Å². The summed E-state index contributed by atoms with van der Waals surface area (Å²) < 4.78 is 0. The van der Waals surface area contributed by atoms with E-state index >= 15 is 0 Å². The van der Waals surface area contributed by atoms with Crippen LogP contribution in [0.5, 0.6) is 0 Å². The van der Waals surface area contributed by atoms with E-state index in [2.05, 4.69) is 20.8 Å². The molecule has 0 amide bonds. The number of rotatable bonds is 1. The second-order valence-electron chi connectivity index (χ2n) is 4.10. The monoisotopic (exact) mass is 405 g/mol. The molecule has 3 heteroatoms. The van der Waals surface area contributed by atoms with Crippen LogP contribution in [-0.2, 0) is 53.1 Å². The molecule has 11 heavy (non-hydrogen) atoms. The Morgan fingerprint density at radius 1 is 1.00 bits per heavy atom. The maximum atomic E-state index is 8.80. The van der Waals surface area contributed by atoms with Crippen molar-refractivity contribution in [3.05, 3.63) is 6.61 Å². The maximum Gasteiger partial charge on any atom is 0 e. The number of aliphatic hydroxyl groups is 1. The molecule has 66 valence electrons. The van der Waals surface area contributed by atoms with E-state index in [0.717, 1.165) is 0 Å². The van der Waals surface area contributed by atoms with Gasteiger partial charge in [-0.25, -0.2) is 6.61 Å². The van der Waals surface area contributed by atoms with E-state index in [1.54, 1.807) is 0 Å². The van der Waals surface area contributed by atoms with Gasteiger partial charge in [-0.2, -0.15) is 0 Å². The van der Waals surface area contributed by atoms with E-state index in [-0.39, 0.29) is 64.0 Å². The zero-order valence-electron chi connectivity index (χ0n) is 7.98. The molecule has 1 N–H and O–H groups in total.